The lowest BCUT2D eigenvalue weighted by molar-refractivity contribution is -0.144. The fraction of sp³-hybridized carbons (Fsp3) is 0.588. The third-order valence-electron chi connectivity index (χ3n) is 4.87. The Balaban J connectivity index is 2.09. The van der Waals surface area contributed by atoms with Crippen molar-refractivity contribution in [2.75, 3.05) is 0 Å². The Kier molecular flexibility index (Phi) is 5.25. The first-order valence-electron chi connectivity index (χ1n) is 7.44. The molecule has 0 heterocycles. The van der Waals surface area contributed by atoms with Crippen molar-refractivity contribution in [2.24, 2.45) is 23.7 Å². The van der Waals surface area contributed by atoms with Crippen LogP contribution in [0, 0.1) is 23.7 Å². The van der Waals surface area contributed by atoms with Crippen LogP contribution in [0.1, 0.15) is 38.7 Å². The molecule has 0 saturated heterocycles. The largest absolute Gasteiger partial charge is 0.481 e. The highest BCUT2D eigenvalue weighted by molar-refractivity contribution is 9.10. The first-order valence-corrected chi connectivity index (χ1v) is 8.24. The average Bonchev–Trinajstić information content (AvgIpc) is 2.39. The molecule has 4 unspecified atom stereocenters. The molecule has 2 rings (SSSR count). The van der Waals surface area contributed by atoms with Gasteiger partial charge >= 0.3 is 5.97 Å². The first-order chi connectivity index (χ1) is 9.47. The quantitative estimate of drug-likeness (QED) is 0.858. The molecule has 0 aliphatic heterocycles. The second kappa shape index (κ2) is 6.75. The highest BCUT2D eigenvalue weighted by Gasteiger charge is 2.33. The fourth-order valence-electron chi connectivity index (χ4n) is 3.33. The van der Waals surface area contributed by atoms with Crippen LogP contribution in [0.2, 0.25) is 0 Å². The van der Waals surface area contributed by atoms with E-state index >= 15 is 0 Å². The topological polar surface area (TPSA) is 37.3 Å². The fourth-order valence-corrected chi connectivity index (χ4v) is 3.77. The minimum Gasteiger partial charge on any atom is -0.481 e. The molecule has 0 aromatic heterocycles. The van der Waals surface area contributed by atoms with E-state index in [-0.39, 0.29) is 5.92 Å². The van der Waals surface area contributed by atoms with E-state index in [1.54, 1.807) is 0 Å². The molecule has 20 heavy (non-hydrogen) atoms. The van der Waals surface area contributed by atoms with Gasteiger partial charge in [0.15, 0.2) is 0 Å². The predicted octanol–water partition coefficient (Wildman–Crippen LogP) is 4.76. The maximum absolute atomic E-state index is 11.7. The van der Waals surface area contributed by atoms with Crippen molar-refractivity contribution in [1.82, 2.24) is 0 Å². The molecule has 1 saturated carbocycles. The van der Waals surface area contributed by atoms with E-state index in [1.165, 1.54) is 0 Å². The Bertz CT molecular complexity index is 472. The first kappa shape index (κ1) is 15.6. The van der Waals surface area contributed by atoms with Crippen molar-refractivity contribution in [3.63, 3.8) is 0 Å². The second-order valence-corrected chi connectivity index (χ2v) is 7.22. The highest BCUT2D eigenvalue weighted by Crippen LogP contribution is 2.38. The molecule has 4 atom stereocenters. The van der Waals surface area contributed by atoms with E-state index < -0.39 is 5.97 Å². The Labute approximate surface area is 129 Å². The number of halogens is 1. The molecule has 1 aromatic carbocycles. The number of carbonyl (C=O) groups is 1. The Morgan fingerprint density at radius 1 is 1.35 bits per heavy atom. The van der Waals surface area contributed by atoms with Gasteiger partial charge in [-0.15, -0.1) is 0 Å². The smallest absolute Gasteiger partial charge is 0.307 e. The van der Waals surface area contributed by atoms with Crippen LogP contribution in [-0.2, 0) is 11.2 Å². The molecule has 0 radical (unpaired) electrons. The van der Waals surface area contributed by atoms with E-state index in [9.17, 15) is 9.90 Å². The number of aliphatic carboxylic acids is 1. The number of rotatable bonds is 4. The summed E-state index contributed by atoms with van der Waals surface area (Å²) in [5.74, 6) is 0.790. The standard InChI is InChI=1S/C17H23BrO2/c1-11-6-7-14(8-12(11)2)16(17(19)20)10-13-4-3-5-15(18)9-13/h3-5,9,11-12,14,16H,6-8,10H2,1-2H3,(H,19,20). The van der Waals surface area contributed by atoms with Gasteiger partial charge in [0.05, 0.1) is 5.92 Å². The zero-order chi connectivity index (χ0) is 14.7. The molecular formula is C17H23BrO2. The van der Waals surface area contributed by atoms with Crippen molar-refractivity contribution in [3.8, 4) is 0 Å². The summed E-state index contributed by atoms with van der Waals surface area (Å²) in [6.45, 7) is 4.54. The third kappa shape index (κ3) is 3.85. The Morgan fingerprint density at radius 2 is 2.10 bits per heavy atom. The number of carboxylic acids is 1. The summed E-state index contributed by atoms with van der Waals surface area (Å²) in [5.41, 5.74) is 1.11. The predicted molar refractivity (Wildman–Crippen MR) is 84.6 cm³/mol. The molecule has 2 nitrogen and oxygen atoms in total. The van der Waals surface area contributed by atoms with Gasteiger partial charge in [-0.3, -0.25) is 4.79 Å². The maximum Gasteiger partial charge on any atom is 0.307 e. The van der Waals surface area contributed by atoms with E-state index in [2.05, 4.69) is 29.8 Å². The summed E-state index contributed by atoms with van der Waals surface area (Å²) >= 11 is 3.46. The van der Waals surface area contributed by atoms with Crippen molar-refractivity contribution in [1.29, 1.82) is 0 Å². The molecule has 1 aliphatic rings. The van der Waals surface area contributed by atoms with Gasteiger partial charge in [-0.1, -0.05) is 48.3 Å². The Morgan fingerprint density at radius 3 is 2.70 bits per heavy atom. The third-order valence-corrected chi connectivity index (χ3v) is 5.36. The number of hydrogen-bond donors (Lipinski definition) is 1. The average molecular weight is 339 g/mol. The SMILES string of the molecule is CC1CCC(C(Cc2cccc(Br)c2)C(=O)O)CC1C. The highest BCUT2D eigenvalue weighted by atomic mass is 79.9. The molecule has 110 valence electrons. The van der Waals surface area contributed by atoms with Crippen molar-refractivity contribution in [2.45, 2.75) is 39.5 Å². The van der Waals surface area contributed by atoms with Crippen molar-refractivity contribution < 1.29 is 9.90 Å². The van der Waals surface area contributed by atoms with Gasteiger partial charge in [0.25, 0.3) is 0 Å². The monoisotopic (exact) mass is 338 g/mol. The molecule has 3 heteroatoms. The van der Waals surface area contributed by atoms with Crippen LogP contribution in [0.4, 0.5) is 0 Å². The molecule has 0 spiro atoms. The summed E-state index contributed by atoms with van der Waals surface area (Å²) in [6, 6.07) is 8.01. The van der Waals surface area contributed by atoms with Gasteiger partial charge in [-0.05, 0) is 54.7 Å². The minimum atomic E-state index is -0.642. The summed E-state index contributed by atoms with van der Waals surface area (Å²) < 4.78 is 1.02. The van der Waals surface area contributed by atoms with Crippen LogP contribution in [0.15, 0.2) is 28.7 Å². The van der Waals surface area contributed by atoms with Crippen LogP contribution >= 0.6 is 15.9 Å². The van der Waals surface area contributed by atoms with Gasteiger partial charge in [0, 0.05) is 4.47 Å². The number of benzene rings is 1. The summed E-state index contributed by atoms with van der Waals surface area (Å²) in [6.07, 6.45) is 3.90. The van der Waals surface area contributed by atoms with Gasteiger partial charge in [-0.2, -0.15) is 0 Å². The van der Waals surface area contributed by atoms with Crippen molar-refractivity contribution >= 4 is 21.9 Å². The zero-order valence-corrected chi connectivity index (χ0v) is 13.8. The van der Waals surface area contributed by atoms with Gasteiger partial charge in [0.1, 0.15) is 0 Å². The van der Waals surface area contributed by atoms with Crippen LogP contribution < -0.4 is 0 Å². The Hall–Kier alpha value is -0.830. The minimum absolute atomic E-state index is 0.251. The molecular weight excluding hydrogens is 316 g/mol. The van der Waals surface area contributed by atoms with Crippen LogP contribution in [-0.4, -0.2) is 11.1 Å². The van der Waals surface area contributed by atoms with Crippen LogP contribution in [0.5, 0.6) is 0 Å². The molecule has 1 aromatic rings. The number of carboxylic acid groups (broad SMARTS) is 1. The maximum atomic E-state index is 11.7. The van der Waals surface area contributed by atoms with E-state index in [1.807, 2.05) is 24.3 Å². The zero-order valence-electron chi connectivity index (χ0n) is 12.2. The molecule has 1 aliphatic carbocycles. The molecule has 1 N–H and O–H groups in total. The van der Waals surface area contributed by atoms with Crippen molar-refractivity contribution in [3.05, 3.63) is 34.3 Å². The summed E-state index contributed by atoms with van der Waals surface area (Å²) in [4.78, 5) is 11.7. The lowest BCUT2D eigenvalue weighted by Gasteiger charge is -2.35. The summed E-state index contributed by atoms with van der Waals surface area (Å²) in [5, 5.41) is 9.60. The lowest BCUT2D eigenvalue weighted by atomic mass is 9.70. The van der Waals surface area contributed by atoms with E-state index in [4.69, 9.17) is 0 Å². The second-order valence-electron chi connectivity index (χ2n) is 6.31. The van der Waals surface area contributed by atoms with E-state index in [0.29, 0.717) is 18.3 Å². The number of hydrogen-bond acceptors (Lipinski definition) is 1. The van der Waals surface area contributed by atoms with E-state index in [0.717, 1.165) is 35.2 Å². The van der Waals surface area contributed by atoms with Crippen LogP contribution in [0.3, 0.4) is 0 Å². The lowest BCUT2D eigenvalue weighted by Crippen LogP contribution is -2.32. The van der Waals surface area contributed by atoms with Gasteiger partial charge in [0.2, 0.25) is 0 Å². The molecule has 0 bridgehead atoms. The molecule has 1 fully saturated rings. The van der Waals surface area contributed by atoms with Gasteiger partial charge in [-0.25, -0.2) is 0 Å². The normalized spacial score (nSPS) is 28.1. The molecule has 0 amide bonds. The van der Waals surface area contributed by atoms with Crippen LogP contribution in [0.25, 0.3) is 0 Å². The summed E-state index contributed by atoms with van der Waals surface area (Å²) in [7, 11) is 0. The van der Waals surface area contributed by atoms with Gasteiger partial charge < -0.3 is 5.11 Å².